The standard InChI is InChI=1S/C7H15Cl2NO2S/c1-3-10-6(7(11)12)4-5-13(2,8)9/h6,10H,3-5H2,1-2H3,(H,11,12)/t6-/m0/s1. The van der Waals surface area contributed by atoms with E-state index in [0.717, 1.165) is 0 Å². The number of rotatable bonds is 6. The van der Waals surface area contributed by atoms with Crippen LogP contribution in [-0.4, -0.2) is 35.7 Å². The van der Waals surface area contributed by atoms with Gasteiger partial charge in [0.25, 0.3) is 0 Å². The maximum absolute atomic E-state index is 10.7. The van der Waals surface area contributed by atoms with Crippen molar-refractivity contribution in [3.05, 3.63) is 0 Å². The Morgan fingerprint density at radius 1 is 1.62 bits per heavy atom. The molecule has 3 nitrogen and oxygen atoms in total. The summed E-state index contributed by atoms with van der Waals surface area (Å²) in [4.78, 5) is 10.7. The Hall–Kier alpha value is 0.360. The van der Waals surface area contributed by atoms with Crippen LogP contribution in [0.1, 0.15) is 13.3 Å². The number of aliphatic carboxylic acids is 1. The number of carboxylic acid groups (broad SMARTS) is 1. The van der Waals surface area contributed by atoms with Crippen LogP contribution in [0, 0.1) is 0 Å². The van der Waals surface area contributed by atoms with E-state index < -0.39 is 20.5 Å². The van der Waals surface area contributed by atoms with Crippen molar-refractivity contribution in [2.24, 2.45) is 0 Å². The maximum atomic E-state index is 10.7. The lowest BCUT2D eigenvalue weighted by molar-refractivity contribution is -0.139. The van der Waals surface area contributed by atoms with E-state index in [4.69, 9.17) is 26.5 Å². The summed E-state index contributed by atoms with van der Waals surface area (Å²) in [6, 6.07) is -0.533. The number of hydrogen-bond acceptors (Lipinski definition) is 2. The van der Waals surface area contributed by atoms with Crippen LogP contribution < -0.4 is 5.32 Å². The molecule has 2 N–H and O–H groups in total. The molecule has 0 aliphatic carbocycles. The van der Waals surface area contributed by atoms with Gasteiger partial charge in [0.15, 0.2) is 0 Å². The predicted molar refractivity (Wildman–Crippen MR) is 59.8 cm³/mol. The van der Waals surface area contributed by atoms with Gasteiger partial charge in [0.2, 0.25) is 0 Å². The number of hydrogen-bond donors (Lipinski definition) is 2. The Labute approximate surface area is 89.1 Å². The van der Waals surface area contributed by atoms with Crippen LogP contribution in [-0.2, 0) is 4.79 Å². The molecule has 13 heavy (non-hydrogen) atoms. The molecule has 1 atom stereocenters. The van der Waals surface area contributed by atoms with Gasteiger partial charge in [0.05, 0.1) is 0 Å². The first-order chi connectivity index (χ1) is 5.87. The van der Waals surface area contributed by atoms with Gasteiger partial charge in [-0.2, -0.15) is 0 Å². The Morgan fingerprint density at radius 2 is 2.15 bits per heavy atom. The van der Waals surface area contributed by atoms with Gasteiger partial charge < -0.3 is 10.4 Å². The van der Waals surface area contributed by atoms with Crippen LogP contribution >= 0.6 is 29.8 Å². The lowest BCUT2D eigenvalue weighted by atomic mass is 10.2. The highest BCUT2D eigenvalue weighted by molar-refractivity contribution is 8.65. The number of carboxylic acids is 1. The minimum absolute atomic E-state index is 0.474. The Kier molecular flexibility index (Phi) is 6.12. The SMILES string of the molecule is CCN[C@@H](CCS(C)(Cl)Cl)C(=O)O. The zero-order chi connectivity index (χ0) is 10.5. The molecule has 0 fully saturated rings. The number of likely N-dealkylation sites (N-methyl/N-ethyl adjacent to an activating group) is 1. The molecule has 0 aliphatic rings. The van der Waals surface area contributed by atoms with Gasteiger partial charge in [-0.05, 0) is 19.2 Å². The van der Waals surface area contributed by atoms with Crippen molar-refractivity contribution in [1.82, 2.24) is 5.32 Å². The Bertz CT molecular complexity index is 172. The maximum Gasteiger partial charge on any atom is 0.320 e. The summed E-state index contributed by atoms with van der Waals surface area (Å²) < 4.78 is 0. The molecule has 0 spiro atoms. The number of nitrogens with one attached hydrogen (secondary N) is 1. The molecule has 0 amide bonds. The molecule has 0 radical (unpaired) electrons. The molecule has 0 aromatic carbocycles. The van der Waals surface area contributed by atoms with Crippen LogP contribution in [0.25, 0.3) is 0 Å². The molecule has 0 saturated heterocycles. The smallest absolute Gasteiger partial charge is 0.320 e. The van der Waals surface area contributed by atoms with Crippen molar-refractivity contribution in [1.29, 1.82) is 0 Å². The van der Waals surface area contributed by atoms with Gasteiger partial charge in [-0.1, -0.05) is 36.7 Å². The Morgan fingerprint density at radius 3 is 2.46 bits per heavy atom. The lowest BCUT2D eigenvalue weighted by Gasteiger charge is -2.21. The highest BCUT2D eigenvalue weighted by Gasteiger charge is 2.19. The fourth-order valence-electron chi connectivity index (χ4n) is 0.884. The molecule has 80 valence electrons. The van der Waals surface area contributed by atoms with Gasteiger partial charge in [-0.15, -0.1) is 0 Å². The minimum atomic E-state index is -1.63. The molecule has 0 rings (SSSR count). The molecule has 0 bridgehead atoms. The van der Waals surface area contributed by atoms with Gasteiger partial charge >= 0.3 is 5.97 Å². The van der Waals surface area contributed by atoms with Crippen LogP contribution in [0.2, 0.25) is 0 Å². The van der Waals surface area contributed by atoms with Crippen molar-refractivity contribution >= 4 is 35.8 Å². The van der Waals surface area contributed by atoms with Crippen LogP contribution in [0.15, 0.2) is 0 Å². The monoisotopic (exact) mass is 247 g/mol. The zero-order valence-corrected chi connectivity index (χ0v) is 10.0. The van der Waals surface area contributed by atoms with E-state index in [-0.39, 0.29) is 0 Å². The van der Waals surface area contributed by atoms with E-state index in [1.807, 2.05) is 6.92 Å². The highest BCUT2D eigenvalue weighted by Crippen LogP contribution is 2.55. The van der Waals surface area contributed by atoms with Crippen LogP contribution in [0.4, 0.5) is 0 Å². The summed E-state index contributed by atoms with van der Waals surface area (Å²) in [5.74, 6) is -0.307. The predicted octanol–water partition coefficient (Wildman–Crippen LogP) is 2.18. The average Bonchev–Trinajstić information content (AvgIpc) is 1.95. The summed E-state index contributed by atoms with van der Waals surface area (Å²) in [6.07, 6.45) is 2.21. The summed E-state index contributed by atoms with van der Waals surface area (Å²) >= 11 is 0. The molecule has 0 heterocycles. The molecule has 0 saturated carbocycles. The van der Waals surface area contributed by atoms with E-state index in [9.17, 15) is 4.79 Å². The minimum Gasteiger partial charge on any atom is -0.480 e. The fourth-order valence-corrected chi connectivity index (χ4v) is 2.07. The molecule has 0 aliphatic heterocycles. The van der Waals surface area contributed by atoms with Crippen molar-refractivity contribution in [2.75, 3.05) is 18.6 Å². The van der Waals surface area contributed by atoms with Crippen molar-refractivity contribution in [3.8, 4) is 0 Å². The first-order valence-electron chi connectivity index (χ1n) is 3.98. The summed E-state index contributed by atoms with van der Waals surface area (Å²) in [6.45, 7) is 2.50. The molecule has 0 aromatic heterocycles. The van der Waals surface area contributed by atoms with Gasteiger partial charge in [-0.3, -0.25) is 4.79 Å². The molecular formula is C7H15Cl2NO2S. The van der Waals surface area contributed by atoms with E-state index >= 15 is 0 Å². The van der Waals surface area contributed by atoms with Crippen LogP contribution in [0.5, 0.6) is 0 Å². The van der Waals surface area contributed by atoms with E-state index in [0.29, 0.717) is 18.7 Å². The summed E-state index contributed by atoms with van der Waals surface area (Å²) in [5.41, 5.74) is 0. The van der Waals surface area contributed by atoms with E-state index in [2.05, 4.69) is 5.32 Å². The quantitative estimate of drug-likeness (QED) is 0.757. The van der Waals surface area contributed by atoms with Gasteiger partial charge in [0, 0.05) is 5.75 Å². The summed E-state index contributed by atoms with van der Waals surface area (Å²) in [5, 5.41) is 11.6. The van der Waals surface area contributed by atoms with Crippen molar-refractivity contribution in [2.45, 2.75) is 19.4 Å². The van der Waals surface area contributed by atoms with Gasteiger partial charge in [0.1, 0.15) is 6.04 Å². The molecule has 0 unspecified atom stereocenters. The third-order valence-corrected chi connectivity index (χ3v) is 3.39. The topological polar surface area (TPSA) is 49.3 Å². The second-order valence-electron chi connectivity index (χ2n) is 2.82. The fraction of sp³-hybridized carbons (Fsp3) is 0.857. The third kappa shape index (κ3) is 7.43. The second kappa shape index (κ2) is 5.96. The zero-order valence-electron chi connectivity index (χ0n) is 7.72. The third-order valence-electron chi connectivity index (χ3n) is 1.51. The van der Waals surface area contributed by atoms with Crippen molar-refractivity contribution in [3.63, 3.8) is 0 Å². The lowest BCUT2D eigenvalue weighted by Crippen LogP contribution is -2.37. The number of halogens is 2. The summed E-state index contributed by atoms with van der Waals surface area (Å²) in [7, 11) is 9.99. The molecular weight excluding hydrogens is 233 g/mol. The second-order valence-corrected chi connectivity index (χ2v) is 9.53. The van der Waals surface area contributed by atoms with Crippen LogP contribution in [0.3, 0.4) is 0 Å². The van der Waals surface area contributed by atoms with Crippen molar-refractivity contribution < 1.29 is 9.90 Å². The van der Waals surface area contributed by atoms with E-state index in [1.165, 1.54) is 0 Å². The van der Waals surface area contributed by atoms with Gasteiger partial charge in [-0.25, -0.2) is 0 Å². The normalized spacial score (nSPS) is 15.4. The molecule has 0 aromatic rings. The molecule has 6 heteroatoms. The Balaban J connectivity index is 3.90. The average molecular weight is 248 g/mol. The number of carbonyl (C=O) groups is 1. The van der Waals surface area contributed by atoms with E-state index in [1.54, 1.807) is 6.26 Å². The largest absolute Gasteiger partial charge is 0.480 e. The first kappa shape index (κ1) is 13.4. The highest BCUT2D eigenvalue weighted by atomic mass is 36.0. The first-order valence-corrected chi connectivity index (χ1v) is 7.84.